The Labute approximate surface area is 161 Å². The molecule has 1 aromatic rings. The SMILES string of the molecule is C=C(/C=C\CC)C(=C)/C=C\CC(C(C)C)C(C)(C)N(C)c1ccccc1. The zero-order chi connectivity index (χ0) is 19.7. The first kappa shape index (κ1) is 22.0. The normalized spacial score (nSPS) is 13.5. The Morgan fingerprint density at radius 1 is 1.04 bits per heavy atom. The van der Waals surface area contributed by atoms with Gasteiger partial charge in [0.2, 0.25) is 0 Å². The fourth-order valence-electron chi connectivity index (χ4n) is 3.44. The van der Waals surface area contributed by atoms with Gasteiger partial charge in [0.05, 0.1) is 0 Å². The van der Waals surface area contributed by atoms with Crippen molar-refractivity contribution in [3.8, 4) is 0 Å². The Morgan fingerprint density at radius 2 is 1.58 bits per heavy atom. The maximum atomic E-state index is 4.15. The number of rotatable bonds is 10. The summed E-state index contributed by atoms with van der Waals surface area (Å²) in [4.78, 5) is 2.41. The molecule has 0 N–H and O–H groups in total. The molecular formula is C25H37N. The van der Waals surface area contributed by atoms with Crippen LogP contribution >= 0.6 is 0 Å². The standard InChI is InChI=1S/C25H37N/c1-9-10-15-21(4)22(5)16-14-19-24(20(2)3)25(6,7)26(8)23-17-12-11-13-18-23/h10-18,20,24H,4-5,9,19H2,1-3,6-8H3/b15-10-,16-14-. The summed E-state index contributed by atoms with van der Waals surface area (Å²) >= 11 is 0. The Balaban J connectivity index is 2.88. The minimum atomic E-state index is 0.0420. The van der Waals surface area contributed by atoms with E-state index >= 15 is 0 Å². The van der Waals surface area contributed by atoms with Crippen LogP contribution in [0.15, 0.2) is 78.9 Å². The summed E-state index contributed by atoms with van der Waals surface area (Å²) in [5.74, 6) is 1.11. The lowest BCUT2D eigenvalue weighted by Gasteiger charge is -2.45. The second-order valence-corrected chi connectivity index (χ2v) is 7.90. The van der Waals surface area contributed by atoms with Gasteiger partial charge in [0.25, 0.3) is 0 Å². The average Bonchev–Trinajstić information content (AvgIpc) is 2.62. The highest BCUT2D eigenvalue weighted by Crippen LogP contribution is 2.35. The molecule has 0 saturated heterocycles. The van der Waals surface area contributed by atoms with Gasteiger partial charge in [-0.15, -0.1) is 0 Å². The van der Waals surface area contributed by atoms with E-state index in [2.05, 4.69) is 114 Å². The van der Waals surface area contributed by atoms with Crippen LogP contribution in [0.25, 0.3) is 0 Å². The fourth-order valence-corrected chi connectivity index (χ4v) is 3.44. The van der Waals surface area contributed by atoms with Gasteiger partial charge in [-0.1, -0.05) is 76.4 Å². The van der Waals surface area contributed by atoms with Crippen LogP contribution in [0.5, 0.6) is 0 Å². The molecule has 0 saturated carbocycles. The molecule has 0 radical (unpaired) electrons. The molecule has 0 aliphatic carbocycles. The van der Waals surface area contributed by atoms with Gasteiger partial charge in [0, 0.05) is 18.3 Å². The molecule has 0 fully saturated rings. The van der Waals surface area contributed by atoms with Crippen LogP contribution in [0.3, 0.4) is 0 Å². The molecule has 1 nitrogen and oxygen atoms in total. The highest BCUT2D eigenvalue weighted by molar-refractivity contribution is 5.48. The molecule has 0 aliphatic rings. The van der Waals surface area contributed by atoms with Crippen LogP contribution in [0, 0.1) is 11.8 Å². The van der Waals surface area contributed by atoms with Crippen molar-refractivity contribution in [2.24, 2.45) is 11.8 Å². The third kappa shape index (κ3) is 6.05. The fraction of sp³-hybridized carbons (Fsp3) is 0.440. The van der Waals surface area contributed by atoms with Crippen molar-refractivity contribution in [2.45, 2.75) is 53.0 Å². The molecule has 0 aliphatic heterocycles. The second kappa shape index (κ2) is 10.2. The molecule has 1 aromatic carbocycles. The van der Waals surface area contributed by atoms with Crippen LogP contribution < -0.4 is 4.90 Å². The summed E-state index contributed by atoms with van der Waals surface area (Å²) in [7, 11) is 2.20. The lowest BCUT2D eigenvalue weighted by atomic mass is 9.76. The number of hydrogen-bond acceptors (Lipinski definition) is 1. The van der Waals surface area contributed by atoms with Crippen molar-refractivity contribution in [3.05, 3.63) is 78.9 Å². The van der Waals surface area contributed by atoms with Gasteiger partial charge in [-0.3, -0.25) is 0 Å². The van der Waals surface area contributed by atoms with E-state index in [9.17, 15) is 0 Å². The van der Waals surface area contributed by atoms with E-state index in [0.717, 1.165) is 24.0 Å². The molecule has 0 amide bonds. The van der Waals surface area contributed by atoms with Crippen molar-refractivity contribution in [2.75, 3.05) is 11.9 Å². The van der Waals surface area contributed by atoms with Gasteiger partial charge >= 0.3 is 0 Å². The quantitative estimate of drug-likeness (QED) is 0.403. The highest BCUT2D eigenvalue weighted by Gasteiger charge is 2.34. The van der Waals surface area contributed by atoms with Crippen molar-refractivity contribution in [1.29, 1.82) is 0 Å². The van der Waals surface area contributed by atoms with Crippen LogP contribution in [-0.4, -0.2) is 12.6 Å². The first-order valence-electron chi connectivity index (χ1n) is 9.71. The lowest BCUT2D eigenvalue weighted by molar-refractivity contribution is 0.237. The second-order valence-electron chi connectivity index (χ2n) is 7.90. The Hall–Kier alpha value is -2.02. The molecule has 0 heterocycles. The van der Waals surface area contributed by atoms with Gasteiger partial charge < -0.3 is 4.90 Å². The van der Waals surface area contributed by atoms with Gasteiger partial charge in [0.1, 0.15) is 0 Å². The molecule has 1 rings (SSSR count). The molecule has 1 atom stereocenters. The topological polar surface area (TPSA) is 3.24 Å². The van der Waals surface area contributed by atoms with Gasteiger partial charge in [0.15, 0.2) is 0 Å². The Morgan fingerprint density at radius 3 is 2.08 bits per heavy atom. The maximum absolute atomic E-state index is 4.15. The minimum Gasteiger partial charge on any atom is -0.369 e. The number of benzene rings is 1. The molecule has 142 valence electrons. The largest absolute Gasteiger partial charge is 0.369 e. The van der Waals surface area contributed by atoms with Crippen molar-refractivity contribution in [3.63, 3.8) is 0 Å². The average molecular weight is 352 g/mol. The molecule has 0 spiro atoms. The van der Waals surface area contributed by atoms with E-state index in [1.807, 2.05) is 0 Å². The van der Waals surface area contributed by atoms with Crippen LogP contribution in [0.2, 0.25) is 0 Å². The Kier molecular flexibility index (Phi) is 8.65. The maximum Gasteiger partial charge on any atom is 0.0376 e. The molecule has 0 bridgehead atoms. The summed E-state index contributed by atoms with van der Waals surface area (Å²) in [6.45, 7) is 19.7. The third-order valence-electron chi connectivity index (χ3n) is 5.40. The minimum absolute atomic E-state index is 0.0420. The molecule has 1 heteroatoms. The molecule has 0 aromatic heterocycles. The van der Waals surface area contributed by atoms with Crippen LogP contribution in [-0.2, 0) is 0 Å². The van der Waals surface area contributed by atoms with Crippen molar-refractivity contribution in [1.82, 2.24) is 0 Å². The Bertz CT molecular complexity index is 631. The number of para-hydroxylation sites is 1. The van der Waals surface area contributed by atoms with Gasteiger partial charge in [-0.2, -0.15) is 0 Å². The highest BCUT2D eigenvalue weighted by atomic mass is 15.2. The molecule has 1 unspecified atom stereocenters. The monoisotopic (exact) mass is 351 g/mol. The van der Waals surface area contributed by atoms with Crippen LogP contribution in [0.1, 0.15) is 47.5 Å². The number of allylic oxidation sites excluding steroid dienone is 6. The van der Waals surface area contributed by atoms with E-state index in [1.165, 1.54) is 5.69 Å². The summed E-state index contributed by atoms with van der Waals surface area (Å²) < 4.78 is 0. The number of hydrogen-bond donors (Lipinski definition) is 0. The number of nitrogens with zero attached hydrogens (tertiary/aromatic N) is 1. The smallest absolute Gasteiger partial charge is 0.0376 e. The van der Waals surface area contributed by atoms with Gasteiger partial charge in [-0.05, 0) is 61.8 Å². The van der Waals surface area contributed by atoms with E-state index in [4.69, 9.17) is 0 Å². The summed E-state index contributed by atoms with van der Waals surface area (Å²) in [6, 6.07) is 10.6. The van der Waals surface area contributed by atoms with Crippen molar-refractivity contribution < 1.29 is 0 Å². The summed E-state index contributed by atoms with van der Waals surface area (Å²) in [5.41, 5.74) is 3.28. The van der Waals surface area contributed by atoms with Crippen LogP contribution in [0.4, 0.5) is 5.69 Å². The predicted octanol–water partition coefficient (Wildman–Crippen LogP) is 7.20. The van der Waals surface area contributed by atoms with Gasteiger partial charge in [-0.25, -0.2) is 0 Å². The summed E-state index contributed by atoms with van der Waals surface area (Å²) in [5, 5.41) is 0. The predicted molar refractivity (Wildman–Crippen MR) is 119 cm³/mol. The zero-order valence-corrected chi connectivity index (χ0v) is 17.6. The third-order valence-corrected chi connectivity index (χ3v) is 5.40. The first-order valence-corrected chi connectivity index (χ1v) is 9.71. The first-order chi connectivity index (χ1) is 12.2. The lowest BCUT2D eigenvalue weighted by Crippen LogP contribution is -2.49. The van der Waals surface area contributed by atoms with E-state index in [1.54, 1.807) is 0 Å². The zero-order valence-electron chi connectivity index (χ0n) is 17.6. The van der Waals surface area contributed by atoms with E-state index in [-0.39, 0.29) is 5.54 Å². The van der Waals surface area contributed by atoms with E-state index < -0.39 is 0 Å². The van der Waals surface area contributed by atoms with E-state index in [0.29, 0.717) is 11.8 Å². The summed E-state index contributed by atoms with van der Waals surface area (Å²) in [6.07, 6.45) is 10.6. The number of anilines is 1. The van der Waals surface area contributed by atoms with Crippen molar-refractivity contribution >= 4 is 5.69 Å². The molecular weight excluding hydrogens is 314 g/mol. The molecule has 26 heavy (non-hydrogen) atoms.